The van der Waals surface area contributed by atoms with Crippen molar-refractivity contribution in [1.29, 1.82) is 0 Å². The molecule has 3 rings (SSSR count). The Kier molecular flexibility index (Phi) is 4.64. The summed E-state index contributed by atoms with van der Waals surface area (Å²) in [4.78, 5) is 11.2. The highest BCUT2D eigenvalue weighted by molar-refractivity contribution is 5.78. The first-order valence-corrected chi connectivity index (χ1v) is 7.51. The van der Waals surface area contributed by atoms with Gasteiger partial charge in [-0.25, -0.2) is 9.97 Å². The largest absolute Gasteiger partial charge is 0.493 e. The van der Waals surface area contributed by atoms with Crippen LogP contribution in [-0.4, -0.2) is 35.2 Å². The third-order valence-electron chi connectivity index (χ3n) is 3.51. The predicted octanol–water partition coefficient (Wildman–Crippen LogP) is 3.51. The van der Waals surface area contributed by atoms with Gasteiger partial charge in [-0.15, -0.1) is 0 Å². The fraction of sp³-hybridized carbons (Fsp3) is 0.250. The van der Waals surface area contributed by atoms with Crippen LogP contribution in [0.2, 0.25) is 0 Å². The summed E-state index contributed by atoms with van der Waals surface area (Å²) in [5, 5.41) is 6.13. The van der Waals surface area contributed by atoms with E-state index in [9.17, 15) is 13.2 Å². The number of aromatic nitrogens is 3. The lowest BCUT2D eigenvalue weighted by Gasteiger charge is -2.09. The lowest BCUT2D eigenvalue weighted by molar-refractivity contribution is -0.137. The molecule has 0 aliphatic heterocycles. The number of rotatable bonds is 6. The maximum absolute atomic E-state index is 12.7. The molecule has 0 aliphatic rings. The van der Waals surface area contributed by atoms with Crippen molar-refractivity contribution in [2.45, 2.75) is 6.18 Å². The Morgan fingerprint density at radius 3 is 2.72 bits per heavy atom. The van der Waals surface area contributed by atoms with Crippen molar-refractivity contribution in [3.63, 3.8) is 0 Å². The number of anilines is 2. The number of ether oxygens (including phenoxy) is 1. The Balaban J connectivity index is 1.60. The molecule has 1 aromatic carbocycles. The van der Waals surface area contributed by atoms with Gasteiger partial charge >= 0.3 is 6.18 Å². The summed E-state index contributed by atoms with van der Waals surface area (Å²) in [5.74, 6) is 1.65. The van der Waals surface area contributed by atoms with Crippen LogP contribution in [0.25, 0.3) is 11.0 Å². The minimum atomic E-state index is -4.38. The SMILES string of the molecule is COc1cccnc1NCCNc1nc2ccc(C(F)(F)F)cc2[nH]1. The van der Waals surface area contributed by atoms with Crippen LogP contribution in [-0.2, 0) is 6.18 Å². The number of halogens is 3. The number of aromatic amines is 1. The van der Waals surface area contributed by atoms with E-state index < -0.39 is 11.7 Å². The van der Waals surface area contributed by atoms with E-state index in [1.54, 1.807) is 25.4 Å². The molecule has 0 unspecified atom stereocenters. The highest BCUT2D eigenvalue weighted by Crippen LogP contribution is 2.31. The van der Waals surface area contributed by atoms with Crippen LogP contribution < -0.4 is 15.4 Å². The second-order valence-corrected chi connectivity index (χ2v) is 5.22. The van der Waals surface area contributed by atoms with Gasteiger partial charge in [0.15, 0.2) is 11.6 Å². The van der Waals surface area contributed by atoms with Crippen LogP contribution in [0.15, 0.2) is 36.5 Å². The van der Waals surface area contributed by atoms with Crippen LogP contribution in [0.5, 0.6) is 5.75 Å². The monoisotopic (exact) mass is 351 g/mol. The Labute approximate surface area is 141 Å². The van der Waals surface area contributed by atoms with Crippen molar-refractivity contribution in [2.24, 2.45) is 0 Å². The third-order valence-corrected chi connectivity index (χ3v) is 3.51. The minimum Gasteiger partial charge on any atom is -0.493 e. The van der Waals surface area contributed by atoms with Gasteiger partial charge in [0.25, 0.3) is 0 Å². The van der Waals surface area contributed by atoms with E-state index in [0.717, 1.165) is 12.1 Å². The number of H-pyrrole nitrogens is 1. The van der Waals surface area contributed by atoms with Gasteiger partial charge in [0, 0.05) is 19.3 Å². The molecule has 3 aromatic rings. The van der Waals surface area contributed by atoms with Gasteiger partial charge in [0.1, 0.15) is 0 Å². The summed E-state index contributed by atoms with van der Waals surface area (Å²) in [6, 6.07) is 6.97. The number of pyridine rings is 1. The fourth-order valence-electron chi connectivity index (χ4n) is 2.32. The molecule has 0 amide bonds. The van der Waals surface area contributed by atoms with Gasteiger partial charge in [-0.1, -0.05) is 0 Å². The van der Waals surface area contributed by atoms with E-state index in [0.29, 0.717) is 41.6 Å². The number of fused-ring (bicyclic) bond motifs is 1. The Bertz CT molecular complexity index is 862. The lowest BCUT2D eigenvalue weighted by Crippen LogP contribution is -2.15. The summed E-state index contributed by atoms with van der Waals surface area (Å²) < 4.78 is 43.3. The van der Waals surface area contributed by atoms with Crippen molar-refractivity contribution in [3.8, 4) is 5.75 Å². The van der Waals surface area contributed by atoms with E-state index in [1.807, 2.05) is 0 Å². The number of nitrogens with one attached hydrogen (secondary N) is 3. The molecule has 0 aliphatic carbocycles. The van der Waals surface area contributed by atoms with Crippen LogP contribution in [0, 0.1) is 0 Å². The summed E-state index contributed by atoms with van der Waals surface area (Å²) in [7, 11) is 1.56. The van der Waals surface area contributed by atoms with Crippen molar-refractivity contribution < 1.29 is 17.9 Å². The number of hydrogen-bond donors (Lipinski definition) is 3. The number of methoxy groups -OCH3 is 1. The first-order valence-electron chi connectivity index (χ1n) is 7.51. The summed E-state index contributed by atoms with van der Waals surface area (Å²) >= 11 is 0. The van der Waals surface area contributed by atoms with Crippen molar-refractivity contribution in [2.75, 3.05) is 30.8 Å². The third kappa shape index (κ3) is 3.93. The highest BCUT2D eigenvalue weighted by Gasteiger charge is 2.30. The molecule has 2 aromatic heterocycles. The molecule has 0 atom stereocenters. The van der Waals surface area contributed by atoms with Crippen molar-refractivity contribution in [1.82, 2.24) is 15.0 Å². The Morgan fingerprint density at radius 1 is 1.16 bits per heavy atom. The summed E-state index contributed by atoms with van der Waals surface area (Å²) in [5.41, 5.74) is 0.0886. The number of benzene rings is 1. The van der Waals surface area contributed by atoms with Gasteiger partial charge in [-0.3, -0.25) is 0 Å². The lowest BCUT2D eigenvalue weighted by atomic mass is 10.2. The Hall–Kier alpha value is -2.97. The maximum atomic E-state index is 12.7. The quantitative estimate of drug-likeness (QED) is 0.593. The van der Waals surface area contributed by atoms with E-state index in [4.69, 9.17) is 4.74 Å². The van der Waals surface area contributed by atoms with Crippen LogP contribution in [0.4, 0.5) is 24.9 Å². The van der Waals surface area contributed by atoms with Crippen molar-refractivity contribution >= 4 is 22.8 Å². The molecule has 0 saturated carbocycles. The molecule has 0 spiro atoms. The number of hydrogen-bond acceptors (Lipinski definition) is 5. The van der Waals surface area contributed by atoms with Crippen molar-refractivity contribution in [3.05, 3.63) is 42.1 Å². The molecule has 0 saturated heterocycles. The minimum absolute atomic E-state index is 0.330. The molecular formula is C16H16F3N5O. The van der Waals surface area contributed by atoms with Gasteiger partial charge in [0.2, 0.25) is 5.95 Å². The topological polar surface area (TPSA) is 74.9 Å². The highest BCUT2D eigenvalue weighted by atomic mass is 19.4. The second kappa shape index (κ2) is 6.88. The first-order chi connectivity index (χ1) is 12.0. The van der Waals surface area contributed by atoms with E-state index in [1.165, 1.54) is 6.07 Å². The molecule has 0 radical (unpaired) electrons. The van der Waals surface area contributed by atoms with Crippen LogP contribution in [0.1, 0.15) is 5.56 Å². The van der Waals surface area contributed by atoms with Gasteiger partial charge in [-0.05, 0) is 30.3 Å². The Morgan fingerprint density at radius 2 is 1.96 bits per heavy atom. The fourth-order valence-corrected chi connectivity index (χ4v) is 2.32. The molecule has 0 fully saturated rings. The molecule has 132 valence electrons. The van der Waals surface area contributed by atoms with E-state index >= 15 is 0 Å². The van der Waals surface area contributed by atoms with E-state index in [-0.39, 0.29) is 0 Å². The van der Waals surface area contributed by atoms with Gasteiger partial charge in [-0.2, -0.15) is 13.2 Å². The maximum Gasteiger partial charge on any atom is 0.416 e. The predicted molar refractivity (Wildman–Crippen MR) is 88.9 cm³/mol. The van der Waals surface area contributed by atoms with Crippen LogP contribution >= 0.6 is 0 Å². The molecule has 2 heterocycles. The van der Waals surface area contributed by atoms with E-state index in [2.05, 4.69) is 25.6 Å². The molecular weight excluding hydrogens is 335 g/mol. The molecule has 25 heavy (non-hydrogen) atoms. The summed E-state index contributed by atoms with van der Waals surface area (Å²) in [6.07, 6.45) is -2.73. The zero-order chi connectivity index (χ0) is 17.9. The summed E-state index contributed by atoms with van der Waals surface area (Å²) in [6.45, 7) is 1.02. The smallest absolute Gasteiger partial charge is 0.416 e. The molecule has 3 N–H and O–H groups in total. The first kappa shape index (κ1) is 16.9. The number of imidazole rings is 1. The normalized spacial score (nSPS) is 11.5. The number of nitrogens with zero attached hydrogens (tertiary/aromatic N) is 2. The average molecular weight is 351 g/mol. The zero-order valence-electron chi connectivity index (χ0n) is 13.3. The van der Waals surface area contributed by atoms with Gasteiger partial charge < -0.3 is 20.4 Å². The standard InChI is InChI=1S/C16H16F3N5O/c1-25-13-3-2-6-20-14(13)21-7-8-22-15-23-11-5-4-10(16(17,18)19)9-12(11)24-15/h2-6,9H,7-8H2,1H3,(H,20,21)(H2,22,23,24). The molecule has 6 nitrogen and oxygen atoms in total. The molecule has 0 bridgehead atoms. The average Bonchev–Trinajstić information content (AvgIpc) is 3.00. The van der Waals surface area contributed by atoms with Gasteiger partial charge in [0.05, 0.1) is 23.7 Å². The zero-order valence-corrected chi connectivity index (χ0v) is 13.3. The number of alkyl halides is 3. The van der Waals surface area contributed by atoms with Crippen LogP contribution in [0.3, 0.4) is 0 Å². The molecule has 9 heteroatoms. The second-order valence-electron chi connectivity index (χ2n) is 5.22.